The number of rotatable bonds is 1. The zero-order valence-electron chi connectivity index (χ0n) is 8.37. The van der Waals surface area contributed by atoms with Gasteiger partial charge in [0.2, 0.25) is 0 Å². The maximum Gasteiger partial charge on any atom is 0.156 e. The fraction of sp³-hybridized carbons (Fsp3) is 0.875. The van der Waals surface area contributed by atoms with Gasteiger partial charge in [0.1, 0.15) is 0 Å². The predicted octanol–water partition coefficient (Wildman–Crippen LogP) is 1.55. The molecule has 0 atom stereocenters. The van der Waals surface area contributed by atoms with Crippen molar-refractivity contribution in [1.82, 2.24) is 20.2 Å². The normalized spacial score (nSPS) is 12.5. The molecule has 0 aliphatic rings. The molecule has 4 nitrogen and oxygen atoms in total. The Kier molecular flexibility index (Phi) is 2.17. The van der Waals surface area contributed by atoms with E-state index >= 15 is 0 Å². The highest BCUT2D eigenvalue weighted by molar-refractivity contribution is 4.99. The Bertz CT molecular complexity index is 256. The average molecular weight is 168 g/mol. The molecule has 0 fully saturated rings. The van der Waals surface area contributed by atoms with Gasteiger partial charge in [-0.2, -0.15) is 0 Å². The summed E-state index contributed by atoms with van der Waals surface area (Å²) in [6.07, 6.45) is 0. The molecule has 12 heavy (non-hydrogen) atoms. The number of hydrogen-bond acceptors (Lipinski definition) is 3. The number of nitrogens with zero attached hydrogens (tertiary/aromatic N) is 4. The lowest BCUT2D eigenvalue weighted by Crippen LogP contribution is -2.20. The van der Waals surface area contributed by atoms with Crippen LogP contribution in [0.3, 0.4) is 0 Å². The summed E-state index contributed by atoms with van der Waals surface area (Å²) >= 11 is 0. The molecule has 0 aliphatic carbocycles. The van der Waals surface area contributed by atoms with Crippen molar-refractivity contribution in [1.29, 1.82) is 0 Å². The third kappa shape index (κ3) is 1.62. The van der Waals surface area contributed by atoms with Crippen molar-refractivity contribution in [2.45, 2.75) is 46.1 Å². The summed E-state index contributed by atoms with van der Waals surface area (Å²) in [5.41, 5.74) is 0.0216. The van der Waals surface area contributed by atoms with Crippen molar-refractivity contribution in [2.75, 3.05) is 0 Å². The van der Waals surface area contributed by atoms with Crippen LogP contribution in [0.2, 0.25) is 0 Å². The van der Waals surface area contributed by atoms with Crippen LogP contribution in [0.4, 0.5) is 0 Å². The van der Waals surface area contributed by atoms with Gasteiger partial charge in [0.15, 0.2) is 5.82 Å². The molecule has 1 aromatic heterocycles. The SMILES string of the molecule is CC(C)n1nnnc1C(C)(C)C. The van der Waals surface area contributed by atoms with E-state index in [9.17, 15) is 0 Å². The molecule has 0 bridgehead atoms. The largest absolute Gasteiger partial charge is 0.227 e. The van der Waals surface area contributed by atoms with Crippen molar-refractivity contribution in [3.05, 3.63) is 5.82 Å². The third-order valence-electron chi connectivity index (χ3n) is 1.65. The first-order valence-electron chi connectivity index (χ1n) is 4.21. The van der Waals surface area contributed by atoms with Gasteiger partial charge in [-0.25, -0.2) is 4.68 Å². The molecule has 0 amide bonds. The highest BCUT2D eigenvalue weighted by atomic mass is 15.5. The van der Waals surface area contributed by atoms with Crippen LogP contribution in [0, 0.1) is 0 Å². The van der Waals surface area contributed by atoms with Crippen LogP contribution in [0.1, 0.15) is 46.5 Å². The van der Waals surface area contributed by atoms with Crippen LogP contribution < -0.4 is 0 Å². The minimum Gasteiger partial charge on any atom is -0.227 e. The van der Waals surface area contributed by atoms with E-state index in [1.807, 2.05) is 4.68 Å². The standard InChI is InChI=1S/C8H16N4/c1-6(2)12-7(8(3,4)5)9-10-11-12/h6H,1-5H3. The zero-order chi connectivity index (χ0) is 9.35. The van der Waals surface area contributed by atoms with Crippen molar-refractivity contribution in [2.24, 2.45) is 0 Å². The van der Waals surface area contributed by atoms with E-state index in [1.165, 1.54) is 0 Å². The van der Waals surface area contributed by atoms with Crippen molar-refractivity contribution in [3.63, 3.8) is 0 Å². The lowest BCUT2D eigenvalue weighted by molar-refractivity contribution is 0.434. The van der Waals surface area contributed by atoms with E-state index in [0.717, 1.165) is 5.82 Å². The first-order valence-corrected chi connectivity index (χ1v) is 4.21. The molecular weight excluding hydrogens is 152 g/mol. The summed E-state index contributed by atoms with van der Waals surface area (Å²) in [6, 6.07) is 0.328. The zero-order valence-corrected chi connectivity index (χ0v) is 8.37. The molecule has 0 saturated carbocycles. The average Bonchev–Trinajstić information content (AvgIpc) is 2.30. The van der Waals surface area contributed by atoms with Gasteiger partial charge in [0, 0.05) is 5.41 Å². The number of aromatic nitrogens is 4. The Morgan fingerprint density at radius 3 is 2.17 bits per heavy atom. The minimum atomic E-state index is 0.0216. The van der Waals surface area contributed by atoms with E-state index in [0.29, 0.717) is 6.04 Å². The maximum absolute atomic E-state index is 4.01. The second-order valence-corrected chi connectivity index (χ2v) is 4.29. The molecule has 1 heterocycles. The molecule has 4 heteroatoms. The summed E-state index contributed by atoms with van der Waals surface area (Å²) < 4.78 is 1.86. The lowest BCUT2D eigenvalue weighted by Gasteiger charge is -2.18. The topological polar surface area (TPSA) is 43.6 Å². The second kappa shape index (κ2) is 2.84. The summed E-state index contributed by atoms with van der Waals surface area (Å²) in [4.78, 5) is 0. The molecule has 0 saturated heterocycles. The number of tetrazole rings is 1. The van der Waals surface area contributed by atoms with E-state index < -0.39 is 0 Å². The fourth-order valence-electron chi connectivity index (χ4n) is 1.04. The molecule has 0 aliphatic heterocycles. The van der Waals surface area contributed by atoms with E-state index in [-0.39, 0.29) is 5.41 Å². The van der Waals surface area contributed by atoms with Crippen molar-refractivity contribution >= 4 is 0 Å². The van der Waals surface area contributed by atoms with Gasteiger partial charge >= 0.3 is 0 Å². The smallest absolute Gasteiger partial charge is 0.156 e. The van der Waals surface area contributed by atoms with Crippen LogP contribution >= 0.6 is 0 Å². The Balaban J connectivity index is 3.08. The molecule has 0 aromatic carbocycles. The third-order valence-corrected chi connectivity index (χ3v) is 1.65. The van der Waals surface area contributed by atoms with Crippen LogP contribution in [0.25, 0.3) is 0 Å². The van der Waals surface area contributed by atoms with Gasteiger partial charge in [-0.1, -0.05) is 20.8 Å². The van der Waals surface area contributed by atoms with Gasteiger partial charge in [-0.15, -0.1) is 5.10 Å². The first kappa shape index (κ1) is 9.16. The Hall–Kier alpha value is -0.930. The molecule has 0 unspecified atom stereocenters. The van der Waals surface area contributed by atoms with Gasteiger partial charge in [0.05, 0.1) is 6.04 Å². The van der Waals surface area contributed by atoms with Gasteiger partial charge in [-0.05, 0) is 24.3 Å². The Morgan fingerprint density at radius 2 is 1.83 bits per heavy atom. The van der Waals surface area contributed by atoms with Crippen LogP contribution in [-0.2, 0) is 5.41 Å². The molecule has 1 aromatic rings. The monoisotopic (exact) mass is 168 g/mol. The molecule has 0 N–H and O–H groups in total. The van der Waals surface area contributed by atoms with Gasteiger partial charge in [-0.3, -0.25) is 0 Å². The van der Waals surface area contributed by atoms with E-state index in [4.69, 9.17) is 0 Å². The first-order chi connectivity index (χ1) is 5.43. The van der Waals surface area contributed by atoms with Crippen molar-refractivity contribution in [3.8, 4) is 0 Å². The quantitative estimate of drug-likeness (QED) is 0.639. The highest BCUT2D eigenvalue weighted by Gasteiger charge is 2.22. The summed E-state index contributed by atoms with van der Waals surface area (Å²) in [6.45, 7) is 10.5. The minimum absolute atomic E-state index is 0.0216. The van der Waals surface area contributed by atoms with Crippen LogP contribution in [0.15, 0.2) is 0 Å². The molecule has 0 spiro atoms. The molecule has 0 radical (unpaired) electrons. The summed E-state index contributed by atoms with van der Waals surface area (Å²) in [5.74, 6) is 0.942. The van der Waals surface area contributed by atoms with E-state index in [2.05, 4.69) is 50.1 Å². The maximum atomic E-state index is 4.01. The van der Waals surface area contributed by atoms with Crippen LogP contribution in [-0.4, -0.2) is 20.2 Å². The van der Waals surface area contributed by atoms with Gasteiger partial charge in [0.25, 0.3) is 0 Å². The Labute approximate surface area is 73.0 Å². The summed E-state index contributed by atoms with van der Waals surface area (Å²) in [5, 5.41) is 11.6. The van der Waals surface area contributed by atoms with Gasteiger partial charge < -0.3 is 0 Å². The lowest BCUT2D eigenvalue weighted by atomic mass is 9.95. The summed E-state index contributed by atoms with van der Waals surface area (Å²) in [7, 11) is 0. The second-order valence-electron chi connectivity index (χ2n) is 4.29. The molecule has 1 rings (SSSR count). The predicted molar refractivity (Wildman–Crippen MR) is 46.9 cm³/mol. The van der Waals surface area contributed by atoms with Crippen LogP contribution in [0.5, 0.6) is 0 Å². The molecular formula is C8H16N4. The van der Waals surface area contributed by atoms with Crippen molar-refractivity contribution < 1.29 is 0 Å². The fourth-order valence-corrected chi connectivity index (χ4v) is 1.04. The molecule has 68 valence electrons. The number of hydrogen-bond donors (Lipinski definition) is 0. The van der Waals surface area contributed by atoms with E-state index in [1.54, 1.807) is 0 Å². The highest BCUT2D eigenvalue weighted by Crippen LogP contribution is 2.20. The Morgan fingerprint density at radius 1 is 1.25 bits per heavy atom.